The summed E-state index contributed by atoms with van der Waals surface area (Å²) in [4.78, 5) is 40.0. The molecular formula is C31H34Cl2N4O6S. The van der Waals surface area contributed by atoms with Crippen LogP contribution in [-0.4, -0.2) is 48.7 Å². The SMILES string of the molecule is CC[C@H](C(=O)NC1CCCCC1)N(Cc1ccc(Cl)c(Cl)c1)C(=O)CN(c1cccc([N+](=O)[O-])c1)S(=O)(=O)c1ccccc1. The summed E-state index contributed by atoms with van der Waals surface area (Å²) < 4.78 is 28.7. The first-order valence-corrected chi connectivity index (χ1v) is 16.6. The number of amides is 2. The van der Waals surface area contributed by atoms with Crippen molar-refractivity contribution < 1.29 is 22.9 Å². The van der Waals surface area contributed by atoms with Crippen molar-refractivity contribution in [3.05, 3.63) is 98.5 Å². The summed E-state index contributed by atoms with van der Waals surface area (Å²) in [6, 6.07) is 16.5. The van der Waals surface area contributed by atoms with Crippen molar-refractivity contribution in [2.24, 2.45) is 0 Å². The predicted octanol–water partition coefficient (Wildman–Crippen LogP) is 6.35. The first-order valence-electron chi connectivity index (χ1n) is 14.4. The number of benzene rings is 3. The Morgan fingerprint density at radius 2 is 1.68 bits per heavy atom. The van der Waals surface area contributed by atoms with Gasteiger partial charge in [-0.15, -0.1) is 0 Å². The summed E-state index contributed by atoms with van der Waals surface area (Å²) in [6.07, 6.45) is 5.06. The van der Waals surface area contributed by atoms with Crippen LogP contribution < -0.4 is 9.62 Å². The van der Waals surface area contributed by atoms with Gasteiger partial charge in [0.25, 0.3) is 15.7 Å². The van der Waals surface area contributed by atoms with Crippen molar-refractivity contribution in [1.82, 2.24) is 10.2 Å². The Morgan fingerprint density at radius 3 is 2.32 bits per heavy atom. The van der Waals surface area contributed by atoms with E-state index in [0.717, 1.165) is 42.5 Å². The summed E-state index contributed by atoms with van der Waals surface area (Å²) in [6.45, 7) is 1.01. The van der Waals surface area contributed by atoms with Crippen molar-refractivity contribution in [2.75, 3.05) is 10.8 Å². The number of nitro benzene ring substituents is 1. The molecule has 1 aliphatic rings. The number of nitrogens with one attached hydrogen (secondary N) is 1. The lowest BCUT2D eigenvalue weighted by Gasteiger charge is -2.34. The summed E-state index contributed by atoms with van der Waals surface area (Å²) in [5.41, 5.74) is 0.184. The van der Waals surface area contributed by atoms with Gasteiger partial charge in [-0.1, -0.05) is 79.7 Å². The number of hydrogen-bond acceptors (Lipinski definition) is 6. The molecule has 44 heavy (non-hydrogen) atoms. The molecule has 0 heterocycles. The molecule has 0 saturated heterocycles. The molecule has 1 N–H and O–H groups in total. The zero-order valence-electron chi connectivity index (χ0n) is 24.2. The van der Waals surface area contributed by atoms with E-state index in [4.69, 9.17) is 23.2 Å². The van der Waals surface area contributed by atoms with E-state index in [-0.39, 0.29) is 46.2 Å². The molecule has 3 aromatic rings. The zero-order valence-corrected chi connectivity index (χ0v) is 26.5. The van der Waals surface area contributed by atoms with Crippen LogP contribution in [0.3, 0.4) is 0 Å². The lowest BCUT2D eigenvalue weighted by molar-refractivity contribution is -0.384. The fourth-order valence-corrected chi connectivity index (χ4v) is 7.06. The summed E-state index contributed by atoms with van der Waals surface area (Å²) in [5.74, 6) is -1.01. The fraction of sp³-hybridized carbons (Fsp3) is 0.355. The van der Waals surface area contributed by atoms with Crippen LogP contribution in [0.1, 0.15) is 51.0 Å². The molecule has 10 nitrogen and oxygen atoms in total. The standard InChI is InChI=1S/C31H34Cl2N4O6S/c1-2-29(31(39)34-23-10-5-3-6-11-23)35(20-22-16-17-27(32)28(33)18-22)30(38)21-36(24-12-9-13-25(19-24)37(40)41)44(42,43)26-14-7-4-8-15-26/h4,7-9,12-19,23,29H,2-3,5-6,10-11,20-21H2,1H3,(H,34,39)/t29-/m1/s1. The van der Waals surface area contributed by atoms with Gasteiger partial charge in [-0.2, -0.15) is 0 Å². The molecule has 0 radical (unpaired) electrons. The van der Waals surface area contributed by atoms with Crippen LogP contribution in [0.5, 0.6) is 0 Å². The van der Waals surface area contributed by atoms with Crippen molar-refractivity contribution in [2.45, 2.75) is 69.0 Å². The van der Waals surface area contributed by atoms with Crippen LogP contribution in [-0.2, 0) is 26.2 Å². The molecule has 1 fully saturated rings. The third-order valence-corrected chi connectivity index (χ3v) is 10.1. The number of sulfonamides is 1. The van der Waals surface area contributed by atoms with Gasteiger partial charge < -0.3 is 10.2 Å². The maximum Gasteiger partial charge on any atom is 0.271 e. The van der Waals surface area contributed by atoms with Gasteiger partial charge in [0, 0.05) is 24.7 Å². The maximum absolute atomic E-state index is 14.2. The van der Waals surface area contributed by atoms with Crippen LogP contribution in [0.25, 0.3) is 0 Å². The molecule has 13 heteroatoms. The number of hydrogen-bond donors (Lipinski definition) is 1. The van der Waals surface area contributed by atoms with E-state index in [1.807, 2.05) is 0 Å². The number of carbonyl (C=O) groups excluding carboxylic acids is 2. The van der Waals surface area contributed by atoms with Gasteiger partial charge >= 0.3 is 0 Å². The number of anilines is 1. The van der Waals surface area contributed by atoms with Gasteiger partial charge in [0.1, 0.15) is 12.6 Å². The second-order valence-corrected chi connectivity index (χ2v) is 13.3. The normalized spacial score (nSPS) is 14.4. The lowest BCUT2D eigenvalue weighted by atomic mass is 9.95. The predicted molar refractivity (Wildman–Crippen MR) is 170 cm³/mol. The molecule has 0 aromatic heterocycles. The molecule has 0 spiro atoms. The topological polar surface area (TPSA) is 130 Å². The molecule has 1 saturated carbocycles. The molecule has 0 unspecified atom stereocenters. The third-order valence-electron chi connectivity index (χ3n) is 7.61. The Bertz CT molecular complexity index is 1600. The number of nitro groups is 1. The minimum absolute atomic E-state index is 0.00736. The molecule has 234 valence electrons. The molecule has 0 bridgehead atoms. The van der Waals surface area contributed by atoms with Gasteiger partial charge in [0.2, 0.25) is 11.8 Å². The smallest absolute Gasteiger partial charge is 0.271 e. The molecule has 3 aromatic carbocycles. The van der Waals surface area contributed by atoms with Crippen LogP contribution in [0, 0.1) is 10.1 Å². The monoisotopic (exact) mass is 660 g/mol. The summed E-state index contributed by atoms with van der Waals surface area (Å²) in [7, 11) is -4.36. The largest absolute Gasteiger partial charge is 0.352 e. The van der Waals surface area contributed by atoms with E-state index in [0.29, 0.717) is 10.6 Å². The van der Waals surface area contributed by atoms with Crippen molar-refractivity contribution in [3.8, 4) is 0 Å². The van der Waals surface area contributed by atoms with Gasteiger partial charge in [-0.05, 0) is 55.2 Å². The highest BCUT2D eigenvalue weighted by Gasteiger charge is 2.35. The molecule has 1 aliphatic carbocycles. The van der Waals surface area contributed by atoms with Gasteiger partial charge in [0.15, 0.2) is 0 Å². The average molecular weight is 662 g/mol. The molecule has 4 rings (SSSR count). The number of non-ortho nitro benzene ring substituents is 1. The highest BCUT2D eigenvalue weighted by Crippen LogP contribution is 2.29. The van der Waals surface area contributed by atoms with E-state index >= 15 is 0 Å². The van der Waals surface area contributed by atoms with Crippen molar-refractivity contribution in [3.63, 3.8) is 0 Å². The van der Waals surface area contributed by atoms with Gasteiger partial charge in [-0.3, -0.25) is 24.0 Å². The first-order chi connectivity index (χ1) is 21.0. The Kier molecular flexibility index (Phi) is 11.2. The van der Waals surface area contributed by atoms with E-state index in [9.17, 15) is 28.1 Å². The van der Waals surface area contributed by atoms with Gasteiger partial charge in [-0.25, -0.2) is 8.42 Å². The molecule has 1 atom stereocenters. The number of nitrogens with zero attached hydrogens (tertiary/aromatic N) is 3. The number of carbonyl (C=O) groups is 2. The quantitative estimate of drug-likeness (QED) is 0.178. The fourth-order valence-electron chi connectivity index (χ4n) is 5.31. The second-order valence-electron chi connectivity index (χ2n) is 10.6. The highest BCUT2D eigenvalue weighted by atomic mass is 35.5. The molecular weight excluding hydrogens is 627 g/mol. The Labute approximate surface area is 267 Å². The van der Waals surface area contributed by atoms with Crippen molar-refractivity contribution in [1.29, 1.82) is 0 Å². The van der Waals surface area contributed by atoms with E-state index < -0.39 is 33.4 Å². The lowest BCUT2D eigenvalue weighted by Crippen LogP contribution is -2.54. The van der Waals surface area contributed by atoms with Gasteiger partial charge in [0.05, 0.1) is 25.6 Å². The summed E-state index contributed by atoms with van der Waals surface area (Å²) in [5, 5.41) is 15.2. The minimum Gasteiger partial charge on any atom is -0.352 e. The van der Waals surface area contributed by atoms with Crippen molar-refractivity contribution >= 4 is 56.4 Å². The van der Waals surface area contributed by atoms with Crippen LogP contribution in [0.4, 0.5) is 11.4 Å². The van der Waals surface area contributed by atoms with Crippen LogP contribution in [0.2, 0.25) is 10.0 Å². The van der Waals surface area contributed by atoms with Crippen LogP contribution in [0.15, 0.2) is 77.7 Å². The Morgan fingerprint density at radius 1 is 0.977 bits per heavy atom. The zero-order chi connectivity index (χ0) is 31.9. The minimum atomic E-state index is -4.36. The molecule has 2 amide bonds. The molecule has 0 aliphatic heterocycles. The highest BCUT2D eigenvalue weighted by molar-refractivity contribution is 7.92. The second kappa shape index (κ2) is 14.9. The van der Waals surface area contributed by atoms with E-state index in [1.54, 1.807) is 43.3 Å². The Balaban J connectivity index is 1.74. The third kappa shape index (κ3) is 8.08. The summed E-state index contributed by atoms with van der Waals surface area (Å²) >= 11 is 12.4. The number of rotatable bonds is 12. The Hall–Kier alpha value is -3.67. The number of halogens is 2. The maximum atomic E-state index is 14.2. The van der Waals surface area contributed by atoms with E-state index in [1.165, 1.54) is 35.2 Å². The average Bonchev–Trinajstić information content (AvgIpc) is 3.02. The van der Waals surface area contributed by atoms with E-state index in [2.05, 4.69) is 5.32 Å². The van der Waals surface area contributed by atoms with Crippen LogP contribution >= 0.6 is 23.2 Å². The first kappa shape index (κ1) is 33.2.